The molecule has 0 heterocycles. The Balaban J connectivity index is 2.35. The summed E-state index contributed by atoms with van der Waals surface area (Å²) in [7, 11) is -3.23. The number of aliphatic carboxylic acids is 1. The number of sulfone groups is 1. The van der Waals surface area contributed by atoms with Crippen LogP contribution in [-0.2, 0) is 19.4 Å². The minimum absolute atomic E-state index is 0.158. The van der Waals surface area contributed by atoms with Gasteiger partial charge in [0.05, 0.1) is 11.5 Å². The monoisotopic (exact) mass is 343 g/mol. The van der Waals surface area contributed by atoms with Gasteiger partial charge in [-0.1, -0.05) is 6.92 Å². The van der Waals surface area contributed by atoms with Crippen molar-refractivity contribution in [3.05, 3.63) is 24.3 Å². The first-order chi connectivity index (χ1) is 10.7. The summed E-state index contributed by atoms with van der Waals surface area (Å²) in [5, 5.41) is 11.3. The Bertz CT molecular complexity index is 638. The molecule has 0 radical (unpaired) electrons. The highest BCUT2D eigenvalue weighted by Gasteiger charge is 2.16. The highest BCUT2D eigenvalue weighted by molar-refractivity contribution is 7.90. The van der Waals surface area contributed by atoms with Gasteiger partial charge < -0.3 is 15.2 Å². The molecular weight excluding hydrogens is 322 g/mol. The van der Waals surface area contributed by atoms with E-state index in [1.807, 2.05) is 0 Å². The summed E-state index contributed by atoms with van der Waals surface area (Å²) in [6.45, 7) is 1.96. The molecule has 2 N–H and O–H groups in total. The summed E-state index contributed by atoms with van der Waals surface area (Å²) < 4.78 is 28.0. The molecule has 0 saturated heterocycles. The Morgan fingerprint density at radius 1 is 1.26 bits per heavy atom. The van der Waals surface area contributed by atoms with Gasteiger partial charge in [0, 0.05) is 12.7 Å². The molecule has 8 heteroatoms. The molecule has 1 rings (SSSR count). The maximum atomic E-state index is 11.6. The van der Waals surface area contributed by atoms with E-state index in [1.165, 1.54) is 12.1 Å². The Kier molecular flexibility index (Phi) is 7.02. The molecular formula is C15H21NO6S. The van der Waals surface area contributed by atoms with E-state index in [1.54, 1.807) is 19.1 Å². The first kappa shape index (κ1) is 19.0. The Morgan fingerprint density at radius 2 is 1.87 bits per heavy atom. The van der Waals surface area contributed by atoms with E-state index in [0.717, 1.165) is 6.26 Å². The second-order valence-corrected chi connectivity index (χ2v) is 7.08. The number of rotatable bonds is 9. The summed E-state index contributed by atoms with van der Waals surface area (Å²) in [5.41, 5.74) is 0. The average Bonchev–Trinajstić information content (AvgIpc) is 2.48. The quantitative estimate of drug-likeness (QED) is 0.653. The van der Waals surface area contributed by atoms with Crippen LogP contribution in [0.2, 0.25) is 0 Å². The molecule has 0 saturated carbocycles. The second kappa shape index (κ2) is 8.52. The lowest BCUT2D eigenvalue weighted by molar-refractivity contribution is -0.141. The van der Waals surface area contributed by atoms with Gasteiger partial charge in [-0.15, -0.1) is 0 Å². The summed E-state index contributed by atoms with van der Waals surface area (Å²) in [6, 6.07) is 5.14. The highest BCUT2D eigenvalue weighted by atomic mass is 32.2. The lowest BCUT2D eigenvalue weighted by Crippen LogP contribution is -2.40. The molecule has 23 heavy (non-hydrogen) atoms. The summed E-state index contributed by atoms with van der Waals surface area (Å²) in [6.07, 6.45) is 2.04. The topological polar surface area (TPSA) is 110 Å². The van der Waals surface area contributed by atoms with E-state index in [2.05, 4.69) is 5.32 Å². The molecule has 0 fully saturated rings. The van der Waals surface area contributed by atoms with E-state index in [-0.39, 0.29) is 23.8 Å². The standard InChI is InChI=1S/C15H21NO6S/c1-3-13(15(18)19)16-14(17)5-4-10-22-11-6-8-12(9-7-11)23(2,20)21/h6-9,13H,3-5,10H2,1-2H3,(H,16,17)(H,18,19). The molecule has 1 unspecified atom stereocenters. The minimum atomic E-state index is -3.23. The average molecular weight is 343 g/mol. The number of carboxylic acids is 1. The highest BCUT2D eigenvalue weighted by Crippen LogP contribution is 2.16. The van der Waals surface area contributed by atoms with Crippen LogP contribution in [0.1, 0.15) is 26.2 Å². The largest absolute Gasteiger partial charge is 0.494 e. The Hall–Kier alpha value is -2.09. The van der Waals surface area contributed by atoms with Crippen LogP contribution in [0.4, 0.5) is 0 Å². The lowest BCUT2D eigenvalue weighted by Gasteiger charge is -2.12. The van der Waals surface area contributed by atoms with Gasteiger partial charge in [-0.25, -0.2) is 13.2 Å². The first-order valence-electron chi connectivity index (χ1n) is 7.19. The predicted octanol–water partition coefficient (Wildman–Crippen LogP) is 1.23. The second-order valence-electron chi connectivity index (χ2n) is 5.06. The molecule has 0 aromatic heterocycles. The third-order valence-corrected chi connectivity index (χ3v) is 4.24. The zero-order valence-electron chi connectivity index (χ0n) is 13.1. The SMILES string of the molecule is CCC(NC(=O)CCCOc1ccc(S(C)(=O)=O)cc1)C(=O)O. The number of ether oxygens (including phenoxy) is 1. The number of benzene rings is 1. The van der Waals surface area contributed by atoms with Crippen LogP contribution in [0.5, 0.6) is 5.75 Å². The van der Waals surface area contributed by atoms with Crippen LogP contribution >= 0.6 is 0 Å². The molecule has 1 amide bonds. The van der Waals surface area contributed by atoms with Crippen molar-refractivity contribution in [2.24, 2.45) is 0 Å². The van der Waals surface area contributed by atoms with Gasteiger partial charge in [-0.05, 0) is 37.1 Å². The number of amides is 1. The van der Waals surface area contributed by atoms with Gasteiger partial charge >= 0.3 is 5.97 Å². The molecule has 0 aliphatic rings. The third-order valence-electron chi connectivity index (χ3n) is 3.11. The number of hydrogen-bond acceptors (Lipinski definition) is 5. The van der Waals surface area contributed by atoms with E-state index < -0.39 is 21.8 Å². The molecule has 0 aliphatic heterocycles. The smallest absolute Gasteiger partial charge is 0.326 e. The fourth-order valence-corrected chi connectivity index (χ4v) is 2.44. The lowest BCUT2D eigenvalue weighted by atomic mass is 10.2. The fourth-order valence-electron chi connectivity index (χ4n) is 1.81. The number of carbonyl (C=O) groups excluding carboxylic acids is 1. The zero-order chi connectivity index (χ0) is 17.5. The van der Waals surface area contributed by atoms with E-state index in [4.69, 9.17) is 9.84 Å². The normalized spacial score (nSPS) is 12.4. The van der Waals surface area contributed by atoms with Crippen molar-refractivity contribution < 1.29 is 27.9 Å². The van der Waals surface area contributed by atoms with E-state index in [9.17, 15) is 18.0 Å². The summed E-state index contributed by atoms with van der Waals surface area (Å²) in [4.78, 5) is 22.6. The van der Waals surface area contributed by atoms with E-state index >= 15 is 0 Å². The minimum Gasteiger partial charge on any atom is -0.494 e. The van der Waals surface area contributed by atoms with Gasteiger partial charge in [0.25, 0.3) is 0 Å². The van der Waals surface area contributed by atoms with Crippen LogP contribution < -0.4 is 10.1 Å². The van der Waals surface area contributed by atoms with Crippen LogP contribution in [-0.4, -0.2) is 44.3 Å². The number of hydrogen-bond donors (Lipinski definition) is 2. The first-order valence-corrected chi connectivity index (χ1v) is 9.08. The molecule has 1 aromatic carbocycles. The van der Waals surface area contributed by atoms with Gasteiger partial charge in [0.2, 0.25) is 5.91 Å². The van der Waals surface area contributed by atoms with Crippen molar-refractivity contribution in [1.29, 1.82) is 0 Å². The molecule has 1 aromatic rings. The Morgan fingerprint density at radius 3 is 2.35 bits per heavy atom. The van der Waals surface area contributed by atoms with Gasteiger partial charge in [-0.2, -0.15) is 0 Å². The predicted molar refractivity (Wildman–Crippen MR) is 84.1 cm³/mol. The van der Waals surface area contributed by atoms with Crippen molar-refractivity contribution in [1.82, 2.24) is 5.32 Å². The van der Waals surface area contributed by atoms with Gasteiger partial charge in [-0.3, -0.25) is 4.79 Å². The van der Waals surface area contributed by atoms with Crippen molar-refractivity contribution in [3.8, 4) is 5.75 Å². The summed E-state index contributed by atoms with van der Waals surface area (Å²) in [5.74, 6) is -0.881. The summed E-state index contributed by atoms with van der Waals surface area (Å²) >= 11 is 0. The molecule has 0 spiro atoms. The number of nitrogens with one attached hydrogen (secondary N) is 1. The van der Waals surface area contributed by atoms with Gasteiger partial charge in [0.15, 0.2) is 9.84 Å². The van der Waals surface area contributed by atoms with Crippen LogP contribution in [0.25, 0.3) is 0 Å². The maximum Gasteiger partial charge on any atom is 0.326 e. The van der Waals surface area contributed by atoms with Gasteiger partial charge in [0.1, 0.15) is 11.8 Å². The van der Waals surface area contributed by atoms with E-state index in [0.29, 0.717) is 18.6 Å². The van der Waals surface area contributed by atoms with Crippen molar-refractivity contribution in [3.63, 3.8) is 0 Å². The number of carbonyl (C=O) groups is 2. The fraction of sp³-hybridized carbons (Fsp3) is 0.467. The van der Waals surface area contributed by atoms with Crippen molar-refractivity contribution in [2.45, 2.75) is 37.1 Å². The van der Waals surface area contributed by atoms with Crippen LogP contribution in [0, 0.1) is 0 Å². The zero-order valence-corrected chi connectivity index (χ0v) is 13.9. The van der Waals surface area contributed by atoms with Crippen molar-refractivity contribution in [2.75, 3.05) is 12.9 Å². The number of carboxylic acid groups (broad SMARTS) is 1. The molecule has 0 aliphatic carbocycles. The molecule has 1 atom stereocenters. The molecule has 128 valence electrons. The van der Waals surface area contributed by atoms with Crippen molar-refractivity contribution >= 4 is 21.7 Å². The van der Waals surface area contributed by atoms with Crippen LogP contribution in [0.15, 0.2) is 29.2 Å². The van der Waals surface area contributed by atoms with Crippen LogP contribution in [0.3, 0.4) is 0 Å². The molecule has 7 nitrogen and oxygen atoms in total. The molecule has 0 bridgehead atoms. The third kappa shape index (κ3) is 6.68. The Labute approximate surface area is 135 Å². The maximum absolute atomic E-state index is 11.6.